The molecule has 0 spiro atoms. The Morgan fingerprint density at radius 1 is 1.29 bits per heavy atom. The van der Waals surface area contributed by atoms with Crippen molar-refractivity contribution in [3.63, 3.8) is 0 Å². The smallest absolute Gasteiger partial charge is 0.327 e. The summed E-state index contributed by atoms with van der Waals surface area (Å²) in [5.74, 6) is -0.758. The van der Waals surface area contributed by atoms with Crippen molar-refractivity contribution >= 4 is 5.97 Å². The van der Waals surface area contributed by atoms with Crippen molar-refractivity contribution in [3.8, 4) is 0 Å². The highest BCUT2D eigenvalue weighted by Gasteiger charge is 2.20. The first-order valence-electron chi connectivity index (χ1n) is 6.58. The van der Waals surface area contributed by atoms with Gasteiger partial charge in [-0.3, -0.25) is 10.3 Å². The molecule has 0 bridgehead atoms. The number of pyridine rings is 1. The van der Waals surface area contributed by atoms with Gasteiger partial charge in [0.05, 0.1) is 7.11 Å². The third-order valence-corrected chi connectivity index (χ3v) is 3.12. The summed E-state index contributed by atoms with van der Waals surface area (Å²) in [4.78, 5) is 16.1. The largest absolute Gasteiger partial charge is 0.468 e. The van der Waals surface area contributed by atoms with E-state index in [0.717, 1.165) is 11.3 Å². The highest BCUT2D eigenvalue weighted by molar-refractivity contribution is 5.77. The molecule has 1 atom stereocenters. The van der Waals surface area contributed by atoms with Gasteiger partial charge in [0.15, 0.2) is 0 Å². The topological polar surface area (TPSA) is 51.2 Å². The van der Waals surface area contributed by atoms with Crippen LogP contribution in [0.25, 0.3) is 0 Å². The van der Waals surface area contributed by atoms with E-state index >= 15 is 0 Å². The van der Waals surface area contributed by atoms with Crippen molar-refractivity contribution in [2.24, 2.45) is 0 Å². The van der Waals surface area contributed by atoms with Crippen molar-refractivity contribution in [2.45, 2.75) is 19.5 Å². The van der Waals surface area contributed by atoms with Crippen LogP contribution >= 0.6 is 0 Å². The summed E-state index contributed by atoms with van der Waals surface area (Å²) >= 11 is 0. The molecule has 21 heavy (non-hydrogen) atoms. The number of halogens is 1. The molecule has 0 fully saturated rings. The van der Waals surface area contributed by atoms with E-state index in [1.807, 2.05) is 19.1 Å². The summed E-state index contributed by atoms with van der Waals surface area (Å²) in [5.41, 5.74) is 2.54. The second-order valence-electron chi connectivity index (χ2n) is 4.70. The Hall–Kier alpha value is -2.27. The second-order valence-corrected chi connectivity index (χ2v) is 4.70. The van der Waals surface area contributed by atoms with Crippen LogP contribution in [0.15, 0.2) is 42.6 Å². The lowest BCUT2D eigenvalue weighted by atomic mass is 10.1. The number of ether oxygens (including phenoxy) is 1. The number of carbonyl (C=O) groups excluding carboxylic acids is 1. The zero-order chi connectivity index (χ0) is 15.2. The third kappa shape index (κ3) is 4.10. The number of rotatable bonds is 5. The van der Waals surface area contributed by atoms with Gasteiger partial charge in [0.25, 0.3) is 0 Å². The summed E-state index contributed by atoms with van der Waals surface area (Å²) in [7, 11) is 1.33. The summed E-state index contributed by atoms with van der Waals surface area (Å²) in [6.07, 6.45) is 1.75. The van der Waals surface area contributed by atoms with E-state index in [1.165, 1.54) is 19.2 Å². The summed E-state index contributed by atoms with van der Waals surface area (Å²) in [6, 6.07) is 8.98. The van der Waals surface area contributed by atoms with Crippen molar-refractivity contribution in [1.82, 2.24) is 10.3 Å². The molecule has 0 saturated carbocycles. The quantitative estimate of drug-likeness (QED) is 0.859. The number of carbonyl (C=O) groups is 1. The summed E-state index contributed by atoms with van der Waals surface area (Å²) in [5, 5.41) is 3.10. The number of hydrogen-bond acceptors (Lipinski definition) is 4. The minimum absolute atomic E-state index is 0.342. The van der Waals surface area contributed by atoms with Crippen LogP contribution in [-0.2, 0) is 16.1 Å². The molecule has 1 N–H and O–H groups in total. The molecule has 110 valence electrons. The number of methoxy groups -OCH3 is 1. The van der Waals surface area contributed by atoms with E-state index in [0.29, 0.717) is 12.1 Å². The highest BCUT2D eigenvalue weighted by Crippen LogP contribution is 2.16. The lowest BCUT2D eigenvalue weighted by Gasteiger charge is -2.17. The van der Waals surface area contributed by atoms with Gasteiger partial charge in [-0.15, -0.1) is 0 Å². The first kappa shape index (κ1) is 15.1. The van der Waals surface area contributed by atoms with Crippen LogP contribution in [0.5, 0.6) is 0 Å². The van der Waals surface area contributed by atoms with Gasteiger partial charge in [0.2, 0.25) is 0 Å². The number of esters is 1. The minimum Gasteiger partial charge on any atom is -0.468 e. The molecule has 0 saturated heterocycles. The van der Waals surface area contributed by atoms with Gasteiger partial charge in [-0.1, -0.05) is 18.2 Å². The first-order valence-corrected chi connectivity index (χ1v) is 6.58. The Bertz CT molecular complexity index is 597. The number of hydrogen-bond donors (Lipinski definition) is 1. The lowest BCUT2D eigenvalue weighted by molar-refractivity contribution is -0.143. The van der Waals surface area contributed by atoms with Gasteiger partial charge in [-0.2, -0.15) is 0 Å². The van der Waals surface area contributed by atoms with E-state index < -0.39 is 12.0 Å². The average molecular weight is 288 g/mol. The van der Waals surface area contributed by atoms with Crippen LogP contribution in [0.4, 0.5) is 4.39 Å². The van der Waals surface area contributed by atoms with E-state index in [-0.39, 0.29) is 5.82 Å². The fourth-order valence-corrected chi connectivity index (χ4v) is 1.93. The Labute approximate surface area is 123 Å². The Balaban J connectivity index is 2.11. The first-order chi connectivity index (χ1) is 10.1. The number of nitrogens with one attached hydrogen (secondary N) is 1. The molecule has 1 heterocycles. The average Bonchev–Trinajstić information content (AvgIpc) is 2.50. The Morgan fingerprint density at radius 3 is 2.57 bits per heavy atom. The van der Waals surface area contributed by atoms with E-state index in [9.17, 15) is 9.18 Å². The number of aryl methyl sites for hydroxylation is 1. The maximum Gasteiger partial charge on any atom is 0.327 e. The Morgan fingerprint density at radius 2 is 2.00 bits per heavy atom. The zero-order valence-electron chi connectivity index (χ0n) is 12.0. The fraction of sp³-hybridized carbons (Fsp3) is 0.250. The van der Waals surface area contributed by atoms with Crippen LogP contribution in [0, 0.1) is 12.7 Å². The summed E-state index contributed by atoms with van der Waals surface area (Å²) in [6.45, 7) is 2.37. The van der Waals surface area contributed by atoms with Gasteiger partial charge in [0, 0.05) is 18.4 Å². The molecule has 0 radical (unpaired) electrons. The third-order valence-electron chi connectivity index (χ3n) is 3.12. The van der Waals surface area contributed by atoms with E-state index in [2.05, 4.69) is 10.3 Å². The standard InChI is InChI=1S/C16H17FN2O2/c1-11-3-4-12(9-18-11)10-19-15(16(20)21-2)13-5-7-14(17)8-6-13/h3-9,15,19H,10H2,1-2H3. The van der Waals surface area contributed by atoms with Gasteiger partial charge < -0.3 is 4.74 Å². The molecule has 2 aromatic rings. The molecule has 1 aromatic carbocycles. The predicted octanol–water partition coefficient (Wildman–Crippen LogP) is 2.53. The highest BCUT2D eigenvalue weighted by atomic mass is 19.1. The normalized spacial score (nSPS) is 12.0. The van der Waals surface area contributed by atoms with E-state index in [4.69, 9.17) is 4.74 Å². The van der Waals surface area contributed by atoms with Gasteiger partial charge >= 0.3 is 5.97 Å². The molecular weight excluding hydrogens is 271 g/mol. The van der Waals surface area contributed by atoms with E-state index in [1.54, 1.807) is 18.3 Å². The maximum absolute atomic E-state index is 13.0. The van der Waals surface area contributed by atoms with Crippen LogP contribution < -0.4 is 5.32 Å². The van der Waals surface area contributed by atoms with Gasteiger partial charge in [-0.25, -0.2) is 9.18 Å². The molecule has 4 nitrogen and oxygen atoms in total. The monoisotopic (exact) mass is 288 g/mol. The maximum atomic E-state index is 13.0. The van der Waals surface area contributed by atoms with Crippen LogP contribution in [0.3, 0.4) is 0 Å². The van der Waals surface area contributed by atoms with Crippen LogP contribution in [0.2, 0.25) is 0 Å². The van der Waals surface area contributed by atoms with Crippen molar-refractivity contribution in [1.29, 1.82) is 0 Å². The minimum atomic E-state index is -0.642. The molecule has 5 heteroatoms. The van der Waals surface area contributed by atoms with Crippen molar-refractivity contribution in [3.05, 3.63) is 65.2 Å². The number of benzene rings is 1. The molecule has 0 aliphatic carbocycles. The molecular formula is C16H17FN2O2. The molecule has 1 aromatic heterocycles. The summed E-state index contributed by atoms with van der Waals surface area (Å²) < 4.78 is 17.8. The van der Waals surface area contributed by atoms with Crippen molar-refractivity contribution in [2.75, 3.05) is 7.11 Å². The molecule has 0 aliphatic heterocycles. The molecule has 2 rings (SSSR count). The molecule has 1 unspecified atom stereocenters. The fourth-order valence-electron chi connectivity index (χ4n) is 1.93. The number of nitrogens with zero attached hydrogens (tertiary/aromatic N) is 1. The molecule has 0 amide bonds. The zero-order valence-corrected chi connectivity index (χ0v) is 12.0. The lowest BCUT2D eigenvalue weighted by Crippen LogP contribution is -2.29. The Kier molecular flexibility index (Phi) is 5.00. The molecule has 0 aliphatic rings. The van der Waals surface area contributed by atoms with Gasteiger partial charge in [0.1, 0.15) is 11.9 Å². The van der Waals surface area contributed by atoms with Crippen molar-refractivity contribution < 1.29 is 13.9 Å². The predicted molar refractivity (Wildman–Crippen MR) is 77.0 cm³/mol. The SMILES string of the molecule is COC(=O)C(NCc1ccc(C)nc1)c1ccc(F)cc1. The second kappa shape index (κ2) is 6.95. The van der Waals surface area contributed by atoms with Crippen LogP contribution in [0.1, 0.15) is 22.9 Å². The van der Waals surface area contributed by atoms with Crippen LogP contribution in [-0.4, -0.2) is 18.1 Å². The number of aromatic nitrogens is 1. The van der Waals surface area contributed by atoms with Gasteiger partial charge in [-0.05, 0) is 36.2 Å².